The smallest absolute Gasteiger partial charge is 0.266 e. The summed E-state index contributed by atoms with van der Waals surface area (Å²) in [5.41, 5.74) is 3.25. The molecule has 2 heterocycles. The zero-order valence-electron chi connectivity index (χ0n) is 20.4. The molecule has 0 fully saturated rings. The van der Waals surface area contributed by atoms with Gasteiger partial charge in [0.25, 0.3) is 11.5 Å². The Balaban J connectivity index is 1.64. The zero-order chi connectivity index (χ0) is 26.1. The number of halogens is 1. The van der Waals surface area contributed by atoms with Gasteiger partial charge >= 0.3 is 0 Å². The standard InChI is InChI=1S/C26H25ClN4O4S/c1-13-6-8-18(14(2)10-13)29-24(33)22-15(3)21-25(36-22)28-12-31(26(21)34)16(4)23(32)30-19-11-17(27)7-9-20(19)35-5/h6-12,16H,1-5H3,(H,29,33)(H,30,32). The van der Waals surface area contributed by atoms with Gasteiger partial charge in [-0.2, -0.15) is 0 Å². The van der Waals surface area contributed by atoms with E-state index in [2.05, 4.69) is 15.6 Å². The molecule has 2 amide bonds. The van der Waals surface area contributed by atoms with Crippen molar-refractivity contribution in [2.45, 2.75) is 33.7 Å². The predicted molar refractivity (Wildman–Crippen MR) is 144 cm³/mol. The van der Waals surface area contributed by atoms with Crippen molar-refractivity contribution in [3.63, 3.8) is 0 Å². The molecule has 0 aliphatic heterocycles. The topological polar surface area (TPSA) is 102 Å². The molecular weight excluding hydrogens is 500 g/mol. The van der Waals surface area contributed by atoms with Gasteiger partial charge in [0.1, 0.15) is 16.6 Å². The van der Waals surface area contributed by atoms with Crippen LogP contribution in [0.3, 0.4) is 0 Å². The maximum atomic E-state index is 13.4. The second-order valence-electron chi connectivity index (χ2n) is 8.48. The number of thiophene rings is 1. The van der Waals surface area contributed by atoms with Crippen LogP contribution in [0.1, 0.15) is 39.3 Å². The first-order chi connectivity index (χ1) is 17.1. The Kier molecular flexibility index (Phi) is 7.14. The number of hydrogen-bond donors (Lipinski definition) is 2. The van der Waals surface area contributed by atoms with Gasteiger partial charge in [0.15, 0.2) is 0 Å². The van der Waals surface area contributed by atoms with Gasteiger partial charge < -0.3 is 15.4 Å². The quantitative estimate of drug-likeness (QED) is 0.347. The number of aryl methyl sites for hydroxylation is 3. The van der Waals surface area contributed by atoms with Crippen LogP contribution < -0.4 is 20.9 Å². The molecule has 4 aromatic rings. The number of ether oxygens (including phenoxy) is 1. The lowest BCUT2D eigenvalue weighted by Crippen LogP contribution is -2.32. The number of carbonyl (C=O) groups is 2. The van der Waals surface area contributed by atoms with Crippen molar-refractivity contribution in [1.29, 1.82) is 0 Å². The summed E-state index contributed by atoms with van der Waals surface area (Å²) in [5.74, 6) is -0.319. The van der Waals surface area contributed by atoms with Gasteiger partial charge in [-0.1, -0.05) is 29.3 Å². The molecule has 8 nitrogen and oxygen atoms in total. The second kappa shape index (κ2) is 10.1. The molecule has 2 aromatic carbocycles. The molecule has 10 heteroatoms. The molecule has 2 N–H and O–H groups in total. The van der Waals surface area contributed by atoms with E-state index < -0.39 is 17.5 Å². The number of amides is 2. The average Bonchev–Trinajstić information content (AvgIpc) is 3.18. The molecule has 0 radical (unpaired) electrons. The Morgan fingerprint density at radius 1 is 1.08 bits per heavy atom. The summed E-state index contributed by atoms with van der Waals surface area (Å²) < 4.78 is 6.52. The minimum absolute atomic E-state index is 0.313. The zero-order valence-corrected chi connectivity index (χ0v) is 22.0. The Hall–Kier alpha value is -3.69. The highest BCUT2D eigenvalue weighted by Crippen LogP contribution is 2.30. The van der Waals surface area contributed by atoms with Crippen molar-refractivity contribution in [1.82, 2.24) is 9.55 Å². The molecule has 0 spiro atoms. The minimum atomic E-state index is -0.884. The highest BCUT2D eigenvalue weighted by atomic mass is 35.5. The van der Waals surface area contributed by atoms with Crippen LogP contribution in [0.15, 0.2) is 47.5 Å². The van der Waals surface area contributed by atoms with E-state index in [9.17, 15) is 14.4 Å². The fourth-order valence-electron chi connectivity index (χ4n) is 3.90. The summed E-state index contributed by atoms with van der Waals surface area (Å²) in [4.78, 5) is 44.6. The summed E-state index contributed by atoms with van der Waals surface area (Å²) in [6.07, 6.45) is 1.33. The number of fused-ring (bicyclic) bond motifs is 1. The predicted octanol–water partition coefficient (Wildman–Crippen LogP) is 5.50. The Bertz CT molecular complexity index is 1560. The first-order valence-electron chi connectivity index (χ1n) is 11.1. The molecule has 0 aliphatic rings. The molecule has 2 aromatic heterocycles. The number of benzene rings is 2. The van der Waals surface area contributed by atoms with Crippen molar-refractivity contribution in [2.75, 3.05) is 17.7 Å². The number of hydrogen-bond acceptors (Lipinski definition) is 6. The van der Waals surface area contributed by atoms with E-state index in [1.54, 1.807) is 32.0 Å². The molecule has 36 heavy (non-hydrogen) atoms. The third kappa shape index (κ3) is 4.84. The summed E-state index contributed by atoms with van der Waals surface area (Å²) in [5, 5.41) is 6.42. The van der Waals surface area contributed by atoms with Crippen molar-refractivity contribution in [2.24, 2.45) is 0 Å². The van der Waals surface area contributed by atoms with E-state index in [4.69, 9.17) is 16.3 Å². The van der Waals surface area contributed by atoms with E-state index in [-0.39, 0.29) is 5.91 Å². The monoisotopic (exact) mass is 524 g/mol. The molecule has 1 atom stereocenters. The third-order valence-electron chi connectivity index (χ3n) is 5.93. The first kappa shape index (κ1) is 25.4. The van der Waals surface area contributed by atoms with Crippen molar-refractivity contribution in [3.8, 4) is 5.75 Å². The lowest BCUT2D eigenvalue weighted by molar-refractivity contribution is -0.118. The number of nitrogens with one attached hydrogen (secondary N) is 2. The fraction of sp³-hybridized carbons (Fsp3) is 0.231. The number of anilines is 2. The molecule has 0 saturated carbocycles. The van der Waals surface area contributed by atoms with Crippen LogP contribution in [0.2, 0.25) is 5.02 Å². The van der Waals surface area contributed by atoms with Crippen LogP contribution in [-0.4, -0.2) is 28.5 Å². The number of carbonyl (C=O) groups excluding carboxylic acids is 2. The van der Waals surface area contributed by atoms with Crippen LogP contribution in [-0.2, 0) is 4.79 Å². The maximum absolute atomic E-state index is 13.4. The van der Waals surface area contributed by atoms with E-state index in [0.717, 1.165) is 22.5 Å². The summed E-state index contributed by atoms with van der Waals surface area (Å²) in [6.45, 7) is 7.21. The summed E-state index contributed by atoms with van der Waals surface area (Å²) in [7, 11) is 1.48. The van der Waals surface area contributed by atoms with E-state index >= 15 is 0 Å². The number of aromatic nitrogens is 2. The maximum Gasteiger partial charge on any atom is 0.266 e. The van der Waals surface area contributed by atoms with Gasteiger partial charge in [-0.3, -0.25) is 19.0 Å². The molecule has 186 valence electrons. The summed E-state index contributed by atoms with van der Waals surface area (Å²) >= 11 is 7.20. The first-order valence-corrected chi connectivity index (χ1v) is 12.3. The van der Waals surface area contributed by atoms with Gasteiger partial charge in [-0.05, 0) is 63.1 Å². The second-order valence-corrected chi connectivity index (χ2v) is 9.91. The number of nitrogens with zero attached hydrogens (tertiary/aromatic N) is 2. The van der Waals surface area contributed by atoms with Crippen LogP contribution in [0, 0.1) is 20.8 Å². The SMILES string of the molecule is COc1ccc(Cl)cc1NC(=O)C(C)n1cnc2sc(C(=O)Nc3ccc(C)cc3C)c(C)c2c1=O. The van der Waals surface area contributed by atoms with E-state index in [0.29, 0.717) is 42.8 Å². The Morgan fingerprint density at radius 2 is 1.83 bits per heavy atom. The Labute approximate surface area is 216 Å². The number of rotatable bonds is 6. The largest absolute Gasteiger partial charge is 0.495 e. The Morgan fingerprint density at radius 3 is 2.53 bits per heavy atom. The fourth-order valence-corrected chi connectivity index (χ4v) is 5.11. The van der Waals surface area contributed by atoms with Crippen molar-refractivity contribution >= 4 is 56.3 Å². The summed E-state index contributed by atoms with van der Waals surface area (Å²) in [6, 6.07) is 9.73. The molecule has 0 bridgehead atoms. The molecule has 0 aliphatic carbocycles. The molecular formula is C26H25ClN4O4S. The lowest BCUT2D eigenvalue weighted by atomic mass is 10.1. The van der Waals surface area contributed by atoms with Crippen molar-refractivity contribution < 1.29 is 14.3 Å². The van der Waals surface area contributed by atoms with Crippen molar-refractivity contribution in [3.05, 3.63) is 79.7 Å². The van der Waals surface area contributed by atoms with Crippen LogP contribution >= 0.6 is 22.9 Å². The lowest BCUT2D eigenvalue weighted by Gasteiger charge is -2.16. The average molecular weight is 525 g/mol. The van der Waals surface area contributed by atoms with Gasteiger partial charge in [0.2, 0.25) is 5.91 Å². The number of methoxy groups -OCH3 is 1. The van der Waals surface area contributed by atoms with Crippen LogP contribution in [0.4, 0.5) is 11.4 Å². The highest BCUT2D eigenvalue weighted by Gasteiger charge is 2.24. The van der Waals surface area contributed by atoms with E-state index in [1.807, 2.05) is 32.0 Å². The van der Waals surface area contributed by atoms with Gasteiger partial charge in [0.05, 0.1) is 29.4 Å². The third-order valence-corrected chi connectivity index (χ3v) is 7.36. The van der Waals surface area contributed by atoms with Gasteiger partial charge in [-0.25, -0.2) is 4.98 Å². The molecule has 4 rings (SSSR count). The minimum Gasteiger partial charge on any atom is -0.495 e. The molecule has 1 unspecified atom stereocenters. The molecule has 0 saturated heterocycles. The van der Waals surface area contributed by atoms with Crippen LogP contribution in [0.25, 0.3) is 10.2 Å². The van der Waals surface area contributed by atoms with E-state index in [1.165, 1.54) is 18.0 Å². The van der Waals surface area contributed by atoms with Crippen LogP contribution in [0.5, 0.6) is 5.75 Å². The van der Waals surface area contributed by atoms with Gasteiger partial charge in [0, 0.05) is 10.7 Å². The highest BCUT2D eigenvalue weighted by molar-refractivity contribution is 7.20. The normalized spacial score (nSPS) is 11.8. The van der Waals surface area contributed by atoms with Gasteiger partial charge in [-0.15, -0.1) is 11.3 Å².